The Labute approximate surface area is 221 Å². The maximum atomic E-state index is 13.4. The number of carbonyl (C=O) groups is 1. The Balaban J connectivity index is 1.56. The Morgan fingerprint density at radius 1 is 1.00 bits per heavy atom. The van der Waals surface area contributed by atoms with Crippen molar-refractivity contribution in [1.29, 1.82) is 0 Å². The molecule has 2 aliphatic heterocycles. The van der Waals surface area contributed by atoms with Crippen molar-refractivity contribution in [2.24, 2.45) is 0 Å². The molecule has 1 aliphatic carbocycles. The molecular formula is C29H29N2O5S-. The highest BCUT2D eigenvalue weighted by Crippen LogP contribution is 2.49. The van der Waals surface area contributed by atoms with E-state index in [1.165, 1.54) is 5.56 Å². The quantitative estimate of drug-likeness (QED) is 0.138. The molecule has 0 radical (unpaired) electrons. The van der Waals surface area contributed by atoms with Crippen LogP contribution in [-0.4, -0.2) is 28.5 Å². The van der Waals surface area contributed by atoms with Crippen LogP contribution in [-0.2, 0) is 25.0 Å². The first-order valence-corrected chi connectivity index (χ1v) is 13.2. The second-order valence-corrected chi connectivity index (χ2v) is 11.0. The largest absolute Gasteiger partial charge is 0.871 e. The van der Waals surface area contributed by atoms with Gasteiger partial charge in [0.2, 0.25) is 11.6 Å². The average molecular weight is 518 g/mol. The molecule has 0 amide bonds. The maximum absolute atomic E-state index is 13.4. The third kappa shape index (κ3) is 3.87. The molecule has 192 valence electrons. The van der Waals surface area contributed by atoms with Gasteiger partial charge in [0.1, 0.15) is 12.0 Å². The number of para-hydroxylation sites is 2. The van der Waals surface area contributed by atoms with Crippen LogP contribution in [0.15, 0.2) is 83.3 Å². The van der Waals surface area contributed by atoms with Gasteiger partial charge < -0.3 is 15.3 Å². The van der Waals surface area contributed by atoms with Crippen LogP contribution < -0.4 is 15.3 Å². The predicted octanol–water partition coefficient (Wildman–Crippen LogP) is 3.72. The van der Waals surface area contributed by atoms with Gasteiger partial charge >= 0.3 is 0 Å². The minimum absolute atomic E-state index is 0.162. The van der Waals surface area contributed by atoms with Crippen molar-refractivity contribution in [2.75, 3.05) is 17.3 Å². The van der Waals surface area contributed by atoms with E-state index < -0.39 is 5.41 Å². The first-order chi connectivity index (χ1) is 17.6. The Morgan fingerprint density at radius 2 is 1.68 bits per heavy atom. The lowest BCUT2D eigenvalue weighted by atomic mass is 9.77. The molecule has 0 saturated heterocycles. The number of benzene rings is 2. The topological polar surface area (TPSA) is 87.9 Å². The average Bonchev–Trinajstić information content (AvgIpc) is 3.24. The van der Waals surface area contributed by atoms with Gasteiger partial charge in [-0.2, -0.15) is 8.91 Å². The molecule has 0 fully saturated rings. The molecule has 0 bridgehead atoms. The molecule has 7 nitrogen and oxygen atoms in total. The fourth-order valence-corrected chi connectivity index (χ4v) is 6.21. The molecule has 37 heavy (non-hydrogen) atoms. The molecule has 3 aliphatic rings. The summed E-state index contributed by atoms with van der Waals surface area (Å²) in [5, 5.41) is 27.2. The summed E-state index contributed by atoms with van der Waals surface area (Å²) >= 11 is 0.842. The monoisotopic (exact) mass is 517 g/mol. The number of allylic oxidation sites excluding steroid dienone is 5. The fraction of sp³-hybridized carbons (Fsp3) is 0.310. The lowest BCUT2D eigenvalue weighted by molar-refractivity contribution is -0.777. The van der Waals surface area contributed by atoms with Gasteiger partial charge in [-0.3, -0.25) is 9.83 Å². The van der Waals surface area contributed by atoms with Gasteiger partial charge in [0.15, 0.2) is 11.5 Å². The number of nitrogens with zero attached hydrogens (tertiary/aromatic N) is 2. The van der Waals surface area contributed by atoms with Gasteiger partial charge in [-0.1, -0.05) is 56.0 Å². The molecule has 0 atom stereocenters. The highest BCUT2D eigenvalue weighted by atomic mass is 32.2. The summed E-state index contributed by atoms with van der Waals surface area (Å²) in [6, 6.07) is 16.1. The van der Waals surface area contributed by atoms with Crippen molar-refractivity contribution in [3.8, 4) is 0 Å². The van der Waals surface area contributed by atoms with Crippen LogP contribution in [0.2, 0.25) is 0 Å². The zero-order valence-electron chi connectivity index (χ0n) is 21.5. The van der Waals surface area contributed by atoms with Crippen LogP contribution in [0.3, 0.4) is 0 Å². The standard InChI is InChI=1S/C29H30N2O5S/c1-6-30-22-13-9-7-11-20(22)28(2,3)24(30)15-18-26(32)19(27(18)33)16-25-29(4,5)21-12-8-10-14-23(21)31(25)17-37-36-35-34/h7-16H,6,17H2,1-5H3,(H-,32,34)/p-1. The Bertz CT molecular complexity index is 1420. The van der Waals surface area contributed by atoms with E-state index in [2.05, 4.69) is 47.2 Å². The third-order valence-corrected chi connectivity index (χ3v) is 8.23. The van der Waals surface area contributed by atoms with Gasteiger partial charge in [-0.15, -0.1) is 0 Å². The van der Waals surface area contributed by atoms with Gasteiger partial charge in [0, 0.05) is 52.2 Å². The molecule has 0 saturated carbocycles. The van der Waals surface area contributed by atoms with Crippen molar-refractivity contribution >= 4 is 34.9 Å². The molecule has 0 N–H and O–H groups in total. The third-order valence-electron chi connectivity index (χ3n) is 7.71. The molecule has 8 heteroatoms. The molecule has 0 aromatic heterocycles. The number of rotatable bonds is 7. The zero-order chi connectivity index (χ0) is 26.5. The number of hydrogen-bond acceptors (Lipinski definition) is 7. The minimum Gasteiger partial charge on any atom is -0.871 e. The van der Waals surface area contributed by atoms with Crippen LogP contribution in [0, 0.1) is 0 Å². The first-order valence-electron chi connectivity index (χ1n) is 12.2. The Kier molecular flexibility index (Phi) is 6.40. The van der Waals surface area contributed by atoms with E-state index in [1.807, 2.05) is 54.8 Å². The SMILES string of the molecule is CCN1/C(=C/C2=C([O-])C(=C/C3=[N+](CSOO[O-])c4ccccc4C3(C)C)/C2=O)C(C)(C)c2ccccc21. The second kappa shape index (κ2) is 9.29. The summed E-state index contributed by atoms with van der Waals surface area (Å²) in [5.74, 6) is -0.263. The molecular weight excluding hydrogens is 488 g/mol. The highest BCUT2D eigenvalue weighted by molar-refractivity contribution is 7.94. The summed E-state index contributed by atoms with van der Waals surface area (Å²) in [5.41, 5.74) is 5.56. The molecule has 2 aromatic carbocycles. The number of anilines is 1. The van der Waals surface area contributed by atoms with E-state index in [-0.39, 0.29) is 34.0 Å². The Hall–Kier alpha value is -3.17. The fourth-order valence-electron chi connectivity index (χ4n) is 5.75. The van der Waals surface area contributed by atoms with Crippen LogP contribution in [0.4, 0.5) is 11.4 Å². The van der Waals surface area contributed by atoms with E-state index in [1.54, 1.807) is 12.2 Å². The van der Waals surface area contributed by atoms with E-state index in [4.69, 9.17) is 0 Å². The van der Waals surface area contributed by atoms with Crippen molar-refractivity contribution in [3.63, 3.8) is 0 Å². The van der Waals surface area contributed by atoms with Gasteiger partial charge in [0.25, 0.3) is 0 Å². The number of ketones is 1. The lowest BCUT2D eigenvalue weighted by Gasteiger charge is -2.32. The number of carbonyl (C=O) groups excluding carboxylic acids is 1. The Morgan fingerprint density at radius 3 is 2.35 bits per heavy atom. The minimum atomic E-state index is -0.467. The van der Waals surface area contributed by atoms with Crippen LogP contribution in [0.5, 0.6) is 0 Å². The van der Waals surface area contributed by atoms with Crippen LogP contribution in [0.1, 0.15) is 45.7 Å². The van der Waals surface area contributed by atoms with Crippen molar-refractivity contribution in [2.45, 2.75) is 45.4 Å². The summed E-state index contributed by atoms with van der Waals surface area (Å²) in [4.78, 5) is 15.5. The zero-order valence-corrected chi connectivity index (χ0v) is 22.3. The van der Waals surface area contributed by atoms with Crippen LogP contribution in [0.25, 0.3) is 0 Å². The van der Waals surface area contributed by atoms with Gasteiger partial charge in [0.05, 0.1) is 5.41 Å². The molecule has 0 spiro atoms. The van der Waals surface area contributed by atoms with E-state index >= 15 is 0 Å². The summed E-state index contributed by atoms with van der Waals surface area (Å²) in [7, 11) is 0. The van der Waals surface area contributed by atoms with Crippen molar-refractivity contribution in [1.82, 2.24) is 0 Å². The van der Waals surface area contributed by atoms with Crippen molar-refractivity contribution in [3.05, 3.63) is 94.4 Å². The van der Waals surface area contributed by atoms with Gasteiger partial charge in [-0.25, -0.2) is 0 Å². The second-order valence-electron chi connectivity index (χ2n) is 10.4. The first kappa shape index (κ1) is 25.5. The summed E-state index contributed by atoms with van der Waals surface area (Å²) in [6.45, 7) is 11.1. The van der Waals surface area contributed by atoms with Crippen molar-refractivity contribution < 1.29 is 29.1 Å². The summed E-state index contributed by atoms with van der Waals surface area (Å²) in [6.07, 6.45) is 3.47. The molecule has 5 rings (SSSR count). The normalized spacial score (nSPS) is 21.7. The number of fused-ring (bicyclic) bond motifs is 2. The predicted molar refractivity (Wildman–Crippen MR) is 140 cm³/mol. The maximum Gasteiger partial charge on any atom is 0.223 e. The van der Waals surface area contributed by atoms with E-state index in [9.17, 15) is 15.2 Å². The number of Topliss-reactive ketones (excluding diaryl/α,β-unsaturated/α-hetero) is 1. The summed E-state index contributed by atoms with van der Waals surface area (Å²) < 4.78 is 6.45. The number of hydrogen-bond donors (Lipinski definition) is 0. The lowest BCUT2D eigenvalue weighted by Crippen LogP contribution is -2.35. The molecule has 0 unspecified atom stereocenters. The van der Waals surface area contributed by atoms with Crippen LogP contribution >= 0.6 is 12.0 Å². The van der Waals surface area contributed by atoms with E-state index in [0.29, 0.717) is 0 Å². The smallest absolute Gasteiger partial charge is 0.223 e. The molecule has 2 heterocycles. The number of likely N-dealkylation sites (N-methyl/N-ethyl adjacent to an activating group) is 1. The molecule has 2 aromatic rings. The van der Waals surface area contributed by atoms with Gasteiger partial charge in [-0.05, 0) is 38.5 Å². The van der Waals surface area contributed by atoms with E-state index in [0.717, 1.165) is 46.9 Å². The highest BCUT2D eigenvalue weighted by Gasteiger charge is 2.46.